The number of carbonyl (C=O) groups is 3. The molecule has 1 aromatic carbocycles. The summed E-state index contributed by atoms with van der Waals surface area (Å²) in [6, 6.07) is 6.69. The summed E-state index contributed by atoms with van der Waals surface area (Å²) < 4.78 is 0. The summed E-state index contributed by atoms with van der Waals surface area (Å²) in [4.78, 5) is 43.8. The first kappa shape index (κ1) is 17.1. The van der Waals surface area contributed by atoms with Crippen molar-refractivity contribution in [3.8, 4) is 0 Å². The summed E-state index contributed by atoms with van der Waals surface area (Å²) >= 11 is 0. The molecule has 6 nitrogen and oxygen atoms in total. The molecule has 1 aromatic heterocycles. The van der Waals surface area contributed by atoms with E-state index in [1.165, 1.54) is 0 Å². The van der Waals surface area contributed by atoms with Gasteiger partial charge in [-0.2, -0.15) is 0 Å². The third-order valence-corrected chi connectivity index (χ3v) is 5.95. The lowest BCUT2D eigenvalue weighted by Crippen LogP contribution is -2.37. The molecule has 0 saturated carbocycles. The van der Waals surface area contributed by atoms with E-state index < -0.39 is 11.8 Å². The van der Waals surface area contributed by atoms with Crippen molar-refractivity contribution in [3.05, 3.63) is 57.9 Å². The van der Waals surface area contributed by atoms with Crippen LogP contribution in [0.4, 0.5) is 5.69 Å². The van der Waals surface area contributed by atoms with E-state index in [9.17, 15) is 14.4 Å². The summed E-state index contributed by atoms with van der Waals surface area (Å²) in [6.07, 6.45) is 6.99. The third kappa shape index (κ3) is 2.63. The first-order chi connectivity index (χ1) is 13.6. The largest absolute Gasteiger partial charge is 0.324 e. The van der Waals surface area contributed by atoms with Gasteiger partial charge in [0, 0.05) is 11.4 Å². The molecule has 1 aliphatic heterocycles. The number of rotatable bonds is 3. The highest BCUT2D eigenvalue weighted by molar-refractivity contribution is 6.22. The van der Waals surface area contributed by atoms with E-state index >= 15 is 0 Å². The Morgan fingerprint density at radius 2 is 1.46 bits per heavy atom. The fourth-order valence-electron chi connectivity index (χ4n) is 4.60. The average Bonchev–Trinajstić information content (AvgIpc) is 3.27. The summed E-state index contributed by atoms with van der Waals surface area (Å²) in [5, 5.41) is 3.04. The smallest absolute Gasteiger partial charge is 0.262 e. The molecule has 0 fully saturated rings. The molecule has 2 heterocycles. The lowest BCUT2D eigenvalue weighted by Gasteiger charge is -2.23. The van der Waals surface area contributed by atoms with E-state index in [1.807, 2.05) is 0 Å². The van der Waals surface area contributed by atoms with Crippen molar-refractivity contribution in [1.29, 1.82) is 0 Å². The number of benzene rings is 1. The fraction of sp³-hybridized carbons (Fsp3) is 0.364. The van der Waals surface area contributed by atoms with Gasteiger partial charge in [-0.05, 0) is 68.2 Å². The highest BCUT2D eigenvalue weighted by atomic mass is 16.2. The standard InChI is InChI=1S/C22H21N3O3/c26-19(12-25-21(27)13-6-1-2-7-14(13)22(25)28)24-20-15-8-3-4-10-17(15)23-18-11-5-9-16(18)20/h1-2,6-7H,3-5,8-12H2,(H,23,24,26). The predicted octanol–water partition coefficient (Wildman–Crippen LogP) is 2.68. The van der Waals surface area contributed by atoms with Crippen LogP contribution in [0.15, 0.2) is 24.3 Å². The van der Waals surface area contributed by atoms with E-state index in [2.05, 4.69) is 5.32 Å². The molecular formula is C22H21N3O3. The topological polar surface area (TPSA) is 79.4 Å². The van der Waals surface area contributed by atoms with Crippen molar-refractivity contribution in [1.82, 2.24) is 9.88 Å². The summed E-state index contributed by atoms with van der Waals surface area (Å²) in [5.41, 5.74) is 6.09. The van der Waals surface area contributed by atoms with Crippen molar-refractivity contribution < 1.29 is 14.4 Å². The van der Waals surface area contributed by atoms with Crippen molar-refractivity contribution in [2.45, 2.75) is 44.9 Å². The van der Waals surface area contributed by atoms with Crippen LogP contribution in [0.2, 0.25) is 0 Å². The highest BCUT2D eigenvalue weighted by Crippen LogP contribution is 2.36. The number of anilines is 1. The van der Waals surface area contributed by atoms with Crippen LogP contribution in [0, 0.1) is 0 Å². The number of carbonyl (C=O) groups excluding carboxylic acids is 3. The van der Waals surface area contributed by atoms with Crippen LogP contribution < -0.4 is 5.32 Å². The molecule has 0 saturated heterocycles. The molecule has 28 heavy (non-hydrogen) atoms. The van der Waals surface area contributed by atoms with E-state index in [0.29, 0.717) is 11.1 Å². The number of fused-ring (bicyclic) bond motifs is 3. The normalized spacial score (nSPS) is 17.4. The van der Waals surface area contributed by atoms with Crippen LogP contribution in [0.5, 0.6) is 0 Å². The summed E-state index contributed by atoms with van der Waals surface area (Å²) in [7, 11) is 0. The van der Waals surface area contributed by atoms with Gasteiger partial charge in [-0.3, -0.25) is 24.3 Å². The van der Waals surface area contributed by atoms with Crippen LogP contribution in [0.3, 0.4) is 0 Å². The number of amides is 3. The Labute approximate surface area is 162 Å². The molecule has 2 aromatic rings. The van der Waals surface area contributed by atoms with Crippen molar-refractivity contribution in [2.24, 2.45) is 0 Å². The SMILES string of the molecule is O=C(CN1C(=O)c2ccccc2C1=O)Nc1c2c(nc3c1CCC3)CCCC2. The maximum atomic E-state index is 12.8. The van der Waals surface area contributed by atoms with Crippen LogP contribution in [0.25, 0.3) is 0 Å². The molecule has 1 N–H and O–H groups in total. The van der Waals surface area contributed by atoms with Gasteiger partial charge in [0.25, 0.3) is 11.8 Å². The molecule has 0 bridgehead atoms. The minimum atomic E-state index is -0.405. The van der Waals surface area contributed by atoms with Gasteiger partial charge in [0.2, 0.25) is 5.91 Å². The van der Waals surface area contributed by atoms with Gasteiger partial charge in [-0.15, -0.1) is 0 Å². The van der Waals surface area contributed by atoms with Gasteiger partial charge in [-0.25, -0.2) is 0 Å². The van der Waals surface area contributed by atoms with Crippen LogP contribution in [-0.2, 0) is 30.5 Å². The zero-order valence-electron chi connectivity index (χ0n) is 15.6. The second-order valence-corrected chi connectivity index (χ2v) is 7.69. The Morgan fingerprint density at radius 1 is 0.893 bits per heavy atom. The third-order valence-electron chi connectivity index (χ3n) is 5.95. The van der Waals surface area contributed by atoms with Crippen molar-refractivity contribution in [3.63, 3.8) is 0 Å². The monoisotopic (exact) mass is 375 g/mol. The molecule has 6 heteroatoms. The fourth-order valence-corrected chi connectivity index (χ4v) is 4.60. The first-order valence-corrected chi connectivity index (χ1v) is 9.92. The Hall–Kier alpha value is -3.02. The number of imide groups is 1. The molecule has 0 radical (unpaired) electrons. The summed E-state index contributed by atoms with van der Waals surface area (Å²) in [6.45, 7) is -0.266. The van der Waals surface area contributed by atoms with E-state index in [0.717, 1.165) is 78.0 Å². The molecule has 3 aliphatic rings. The lowest BCUT2D eigenvalue weighted by molar-refractivity contribution is -0.116. The quantitative estimate of drug-likeness (QED) is 0.837. The molecule has 5 rings (SSSR count). The second-order valence-electron chi connectivity index (χ2n) is 7.69. The zero-order chi connectivity index (χ0) is 19.3. The van der Waals surface area contributed by atoms with Crippen LogP contribution >= 0.6 is 0 Å². The number of aryl methyl sites for hydroxylation is 2. The molecule has 0 spiro atoms. The van der Waals surface area contributed by atoms with Gasteiger partial charge in [0.1, 0.15) is 6.54 Å². The molecule has 142 valence electrons. The number of nitrogens with zero attached hydrogens (tertiary/aromatic N) is 2. The van der Waals surface area contributed by atoms with E-state index in [1.54, 1.807) is 24.3 Å². The predicted molar refractivity (Wildman–Crippen MR) is 103 cm³/mol. The first-order valence-electron chi connectivity index (χ1n) is 9.92. The van der Waals surface area contributed by atoms with Crippen molar-refractivity contribution in [2.75, 3.05) is 11.9 Å². The lowest BCUT2D eigenvalue weighted by atomic mass is 9.92. The zero-order valence-corrected chi connectivity index (χ0v) is 15.6. The average molecular weight is 375 g/mol. The van der Waals surface area contributed by atoms with Crippen LogP contribution in [0.1, 0.15) is 62.5 Å². The number of hydrogen-bond acceptors (Lipinski definition) is 4. The van der Waals surface area contributed by atoms with E-state index in [4.69, 9.17) is 4.98 Å². The Bertz CT molecular complexity index is 993. The van der Waals surface area contributed by atoms with Crippen molar-refractivity contribution >= 4 is 23.4 Å². The molecule has 2 aliphatic carbocycles. The molecule has 0 atom stereocenters. The number of pyridine rings is 1. The molecule has 3 amide bonds. The Kier molecular flexibility index (Phi) is 4.00. The van der Waals surface area contributed by atoms with Gasteiger partial charge in [0.05, 0.1) is 16.8 Å². The second kappa shape index (κ2) is 6.55. The van der Waals surface area contributed by atoms with Crippen LogP contribution in [-0.4, -0.2) is 34.2 Å². The maximum Gasteiger partial charge on any atom is 0.262 e. The van der Waals surface area contributed by atoms with Gasteiger partial charge >= 0.3 is 0 Å². The number of hydrogen-bond donors (Lipinski definition) is 1. The number of nitrogens with one attached hydrogen (secondary N) is 1. The number of aromatic nitrogens is 1. The Balaban J connectivity index is 1.41. The minimum absolute atomic E-state index is 0.266. The minimum Gasteiger partial charge on any atom is -0.324 e. The van der Waals surface area contributed by atoms with Gasteiger partial charge < -0.3 is 5.32 Å². The maximum absolute atomic E-state index is 12.8. The van der Waals surface area contributed by atoms with Gasteiger partial charge in [0.15, 0.2) is 0 Å². The van der Waals surface area contributed by atoms with E-state index in [-0.39, 0.29) is 12.5 Å². The Morgan fingerprint density at radius 3 is 2.14 bits per heavy atom. The highest BCUT2D eigenvalue weighted by Gasteiger charge is 2.36. The van der Waals surface area contributed by atoms with Gasteiger partial charge in [-0.1, -0.05) is 12.1 Å². The molecular weight excluding hydrogens is 354 g/mol. The summed E-state index contributed by atoms with van der Waals surface area (Å²) in [5.74, 6) is -1.14. The molecule has 0 unspecified atom stereocenters.